The molecule has 0 fully saturated rings. The summed E-state index contributed by atoms with van der Waals surface area (Å²) in [6.45, 7) is 3.43. The van der Waals surface area contributed by atoms with E-state index in [4.69, 9.17) is 20.9 Å². The number of ether oxygens (including phenoxy) is 1. The Morgan fingerprint density at radius 1 is 1.08 bits per heavy atom. The van der Waals surface area contributed by atoms with Crippen molar-refractivity contribution >= 4 is 22.5 Å². The number of pyridine rings is 1. The van der Waals surface area contributed by atoms with Crippen LogP contribution in [0.5, 0.6) is 5.88 Å². The highest BCUT2D eigenvalue weighted by Gasteiger charge is 2.42. The van der Waals surface area contributed by atoms with Gasteiger partial charge in [-0.2, -0.15) is 13.2 Å². The van der Waals surface area contributed by atoms with Crippen molar-refractivity contribution in [3.05, 3.63) is 98.6 Å². The summed E-state index contributed by atoms with van der Waals surface area (Å²) in [5.74, 6) is 0.662. The third kappa shape index (κ3) is 4.51. The molecule has 5 aromatic rings. The largest absolute Gasteiger partial charge is 0.481 e. The number of rotatable bonds is 6. The number of aliphatic hydroxyl groups is 1. The van der Waals surface area contributed by atoms with Crippen LogP contribution in [0.1, 0.15) is 45.0 Å². The molecule has 0 saturated heterocycles. The van der Waals surface area contributed by atoms with Crippen molar-refractivity contribution in [2.75, 3.05) is 7.11 Å². The Kier molecular flexibility index (Phi) is 6.59. The standard InChI is InChI=1S/C27H23ClF3N5O3/c1-14-23(15(2)39-34-14)26(37,22-13-32-35-36(22)3)18-9-10-21-19(12-18)24(28)20(25(33-21)38-4)11-16-5-7-17(8-6-16)27(29,30)31/h5-10,12-13,37H,11H2,1-4H3. The average molecular weight is 558 g/mol. The molecule has 8 nitrogen and oxygen atoms in total. The number of benzene rings is 2. The SMILES string of the molecule is COc1nc2ccc(C(O)(c3c(C)noc3C)c3cnnn3C)cc2c(Cl)c1Cc1ccc(C(F)(F)F)cc1. The van der Waals surface area contributed by atoms with Gasteiger partial charge in [0, 0.05) is 24.4 Å². The Morgan fingerprint density at radius 2 is 1.77 bits per heavy atom. The monoisotopic (exact) mass is 557 g/mol. The fraction of sp³-hybridized carbons (Fsp3) is 0.259. The predicted molar refractivity (Wildman–Crippen MR) is 137 cm³/mol. The lowest BCUT2D eigenvalue weighted by Gasteiger charge is -2.29. The van der Waals surface area contributed by atoms with E-state index in [1.807, 2.05) is 0 Å². The van der Waals surface area contributed by atoms with Gasteiger partial charge in [-0.1, -0.05) is 40.2 Å². The van der Waals surface area contributed by atoms with Gasteiger partial charge in [0.1, 0.15) is 5.76 Å². The molecule has 1 N–H and O–H groups in total. The Labute approximate surface area is 226 Å². The van der Waals surface area contributed by atoms with Crippen LogP contribution >= 0.6 is 11.6 Å². The van der Waals surface area contributed by atoms with Gasteiger partial charge in [-0.25, -0.2) is 9.67 Å². The predicted octanol–water partition coefficient (Wildman–Crippen LogP) is 5.52. The highest BCUT2D eigenvalue weighted by molar-refractivity contribution is 6.36. The summed E-state index contributed by atoms with van der Waals surface area (Å²) in [7, 11) is 3.11. The van der Waals surface area contributed by atoms with Gasteiger partial charge in [0.15, 0.2) is 5.60 Å². The molecule has 3 aromatic heterocycles. The number of methoxy groups -OCH3 is 1. The third-order valence-corrected chi connectivity index (χ3v) is 7.16. The summed E-state index contributed by atoms with van der Waals surface area (Å²) in [4.78, 5) is 4.58. The fourth-order valence-electron chi connectivity index (χ4n) is 4.84. The van der Waals surface area contributed by atoms with Crippen LogP contribution in [0.2, 0.25) is 5.02 Å². The van der Waals surface area contributed by atoms with Crippen molar-refractivity contribution in [1.82, 2.24) is 25.1 Å². The molecule has 2 aromatic carbocycles. The van der Waals surface area contributed by atoms with E-state index in [2.05, 4.69) is 20.5 Å². The topological polar surface area (TPSA) is 99.1 Å². The molecule has 0 bridgehead atoms. The summed E-state index contributed by atoms with van der Waals surface area (Å²) in [5, 5.41) is 25.1. The van der Waals surface area contributed by atoms with Crippen molar-refractivity contribution in [2.45, 2.75) is 32.0 Å². The van der Waals surface area contributed by atoms with E-state index in [1.54, 1.807) is 39.1 Å². The molecule has 202 valence electrons. The van der Waals surface area contributed by atoms with E-state index < -0.39 is 17.3 Å². The summed E-state index contributed by atoms with van der Waals surface area (Å²) in [6, 6.07) is 9.95. The zero-order valence-corrected chi connectivity index (χ0v) is 22.1. The van der Waals surface area contributed by atoms with Gasteiger partial charge >= 0.3 is 6.18 Å². The lowest BCUT2D eigenvalue weighted by Crippen LogP contribution is -2.32. The first-order valence-corrected chi connectivity index (χ1v) is 12.2. The summed E-state index contributed by atoms with van der Waals surface area (Å²) in [6.07, 6.45) is -2.80. The molecule has 0 amide bonds. The van der Waals surface area contributed by atoms with Crippen LogP contribution < -0.4 is 4.74 Å². The Morgan fingerprint density at radius 3 is 2.33 bits per heavy atom. The van der Waals surface area contributed by atoms with Gasteiger partial charge in [-0.3, -0.25) is 0 Å². The van der Waals surface area contributed by atoms with E-state index >= 15 is 0 Å². The number of halogens is 4. The van der Waals surface area contributed by atoms with Gasteiger partial charge in [-0.15, -0.1) is 5.10 Å². The number of nitrogens with zero attached hydrogens (tertiary/aromatic N) is 5. The first-order valence-electron chi connectivity index (χ1n) is 11.8. The van der Waals surface area contributed by atoms with Gasteiger partial charge < -0.3 is 14.4 Å². The Hall–Kier alpha value is -3.96. The van der Waals surface area contributed by atoms with E-state index in [9.17, 15) is 18.3 Å². The summed E-state index contributed by atoms with van der Waals surface area (Å²) in [5.41, 5.74) is 0.823. The molecule has 0 saturated carbocycles. The van der Waals surface area contributed by atoms with Crippen LogP contribution in [0.15, 0.2) is 53.2 Å². The van der Waals surface area contributed by atoms with Crippen LogP contribution in [-0.2, 0) is 25.2 Å². The van der Waals surface area contributed by atoms with Crippen molar-refractivity contribution in [3.8, 4) is 5.88 Å². The lowest BCUT2D eigenvalue weighted by molar-refractivity contribution is -0.137. The minimum Gasteiger partial charge on any atom is -0.481 e. The van der Waals surface area contributed by atoms with E-state index in [0.717, 1.165) is 12.1 Å². The van der Waals surface area contributed by atoms with Gasteiger partial charge in [0.05, 0.1) is 46.4 Å². The van der Waals surface area contributed by atoms with Crippen LogP contribution in [0.25, 0.3) is 10.9 Å². The molecule has 5 rings (SSSR count). The number of hydrogen-bond donors (Lipinski definition) is 1. The van der Waals surface area contributed by atoms with Crippen LogP contribution in [0, 0.1) is 13.8 Å². The maximum Gasteiger partial charge on any atom is 0.416 e. The number of alkyl halides is 3. The fourth-order valence-corrected chi connectivity index (χ4v) is 5.14. The maximum atomic E-state index is 13.0. The maximum absolute atomic E-state index is 13.0. The number of fused-ring (bicyclic) bond motifs is 1. The minimum atomic E-state index is -4.43. The normalized spacial score (nSPS) is 13.6. The Balaban J connectivity index is 1.68. The quantitative estimate of drug-likeness (QED) is 0.293. The van der Waals surface area contributed by atoms with Crippen LogP contribution in [0.3, 0.4) is 0 Å². The first kappa shape index (κ1) is 26.6. The van der Waals surface area contributed by atoms with Gasteiger partial charge in [0.25, 0.3) is 0 Å². The van der Waals surface area contributed by atoms with Crippen LogP contribution in [0.4, 0.5) is 13.2 Å². The molecule has 0 radical (unpaired) electrons. The van der Waals surface area contributed by atoms with Gasteiger partial charge in [0.2, 0.25) is 5.88 Å². The van der Waals surface area contributed by atoms with E-state index in [1.165, 1.54) is 30.1 Å². The molecule has 1 unspecified atom stereocenters. The van der Waals surface area contributed by atoms with Crippen molar-refractivity contribution in [1.29, 1.82) is 0 Å². The zero-order valence-electron chi connectivity index (χ0n) is 21.3. The summed E-state index contributed by atoms with van der Waals surface area (Å²) >= 11 is 6.90. The van der Waals surface area contributed by atoms with Crippen molar-refractivity contribution < 1.29 is 27.5 Å². The molecule has 12 heteroatoms. The molecular formula is C27H23ClF3N5O3. The second-order valence-corrected chi connectivity index (χ2v) is 9.55. The highest BCUT2D eigenvalue weighted by atomic mass is 35.5. The molecule has 3 heterocycles. The molecule has 0 aliphatic carbocycles. The number of aryl methyl sites for hydroxylation is 3. The minimum absolute atomic E-state index is 0.174. The molecule has 0 aliphatic rings. The van der Waals surface area contributed by atoms with Crippen LogP contribution in [-0.4, -0.2) is 37.4 Å². The summed E-state index contributed by atoms with van der Waals surface area (Å²) < 4.78 is 51.4. The third-order valence-electron chi connectivity index (χ3n) is 6.73. The van der Waals surface area contributed by atoms with Crippen molar-refractivity contribution in [2.24, 2.45) is 7.05 Å². The lowest BCUT2D eigenvalue weighted by atomic mass is 9.82. The van der Waals surface area contributed by atoms with Crippen molar-refractivity contribution in [3.63, 3.8) is 0 Å². The molecular weight excluding hydrogens is 535 g/mol. The second kappa shape index (κ2) is 9.65. The number of hydrogen-bond acceptors (Lipinski definition) is 7. The molecule has 0 spiro atoms. The Bertz CT molecular complexity index is 1660. The first-order chi connectivity index (χ1) is 18.4. The average Bonchev–Trinajstić information content (AvgIpc) is 3.49. The number of aromatic nitrogens is 5. The highest BCUT2D eigenvalue weighted by Crippen LogP contribution is 2.42. The molecule has 0 aliphatic heterocycles. The zero-order chi connectivity index (χ0) is 28.1. The second-order valence-electron chi connectivity index (χ2n) is 9.17. The van der Waals surface area contributed by atoms with E-state index in [-0.39, 0.29) is 12.3 Å². The molecule has 1 atom stereocenters. The molecule has 39 heavy (non-hydrogen) atoms. The smallest absolute Gasteiger partial charge is 0.416 e. The van der Waals surface area contributed by atoms with E-state index in [0.29, 0.717) is 55.3 Å². The van der Waals surface area contributed by atoms with Gasteiger partial charge in [-0.05, 0) is 49.2 Å².